The van der Waals surface area contributed by atoms with Crippen molar-refractivity contribution in [1.82, 2.24) is 19.9 Å². The monoisotopic (exact) mass is 670 g/mol. The first kappa shape index (κ1) is 27.7. The van der Waals surface area contributed by atoms with Crippen molar-refractivity contribution in [2.45, 2.75) is 58.5 Å². The zero-order chi connectivity index (χ0) is 38.8. The number of nitrogens with zero attached hydrogens (tertiary/aromatic N) is 5. The predicted molar refractivity (Wildman–Crippen MR) is 176 cm³/mol. The van der Waals surface area contributed by atoms with Gasteiger partial charge in [-0.15, -0.1) is 6.42 Å². The molecule has 8 nitrogen and oxygen atoms in total. The van der Waals surface area contributed by atoms with Gasteiger partial charge in [0.25, 0.3) is 0 Å². The number of pyridine rings is 1. The van der Waals surface area contributed by atoms with Gasteiger partial charge in [-0.2, -0.15) is 9.97 Å². The van der Waals surface area contributed by atoms with Crippen LogP contribution in [0.15, 0.2) is 24.3 Å². The first-order valence-corrected chi connectivity index (χ1v) is 15.7. The number of benzene rings is 2. The lowest BCUT2D eigenvalue weighted by molar-refractivity contribution is -0.0679. The van der Waals surface area contributed by atoms with Gasteiger partial charge >= 0.3 is 6.01 Å². The Morgan fingerprint density at radius 2 is 1.96 bits per heavy atom. The molecule has 0 spiro atoms. The first-order valence-electron chi connectivity index (χ1n) is 18.2. The molecule has 0 unspecified atom stereocenters. The number of ether oxygens (including phenoxy) is 1. The number of terminal acetylenes is 1. The molecule has 2 aromatic carbocycles. The molecular weight excluding hydrogens is 626 g/mol. The van der Waals surface area contributed by atoms with E-state index in [-0.39, 0.29) is 71.6 Å². The number of hydrogen-bond acceptors (Lipinski definition) is 8. The fourth-order valence-electron chi connectivity index (χ4n) is 7.01. The molecule has 4 aromatic rings. The summed E-state index contributed by atoms with van der Waals surface area (Å²) < 4.78 is 109. The summed E-state index contributed by atoms with van der Waals surface area (Å²) in [6.45, 7) is -1.88. The van der Waals surface area contributed by atoms with Crippen molar-refractivity contribution in [3.63, 3.8) is 0 Å². The molecular formula is C36H39F4N5O3. The Bertz CT molecular complexity index is 2130. The normalized spacial score (nSPS) is 25.7. The van der Waals surface area contributed by atoms with Crippen LogP contribution in [0.25, 0.3) is 32.9 Å². The Hall–Kier alpha value is -4.21. The molecule has 2 aliphatic rings. The molecule has 48 heavy (non-hydrogen) atoms. The molecule has 254 valence electrons. The standard InChI is InChI=1S/C36H39F4N5O3/c1-6-22-25(37)10-9-20-15-21(46)16-23(27(20)22)30-29(38)31-28(26(7-2)41-30)33(45-13-8-12-36(4,47)18-45)43-34(42-31)48-19-35(3)17-44(5)14-11-24(35)32(39)40/h2,9-10,15-16,24,32,46-47H,6,8,11-14,17-19H2,1,3-5H3/t24-,35+,36-/m1/s1/i5D3,19D2. The topological polar surface area (TPSA) is 94.8 Å². The second-order valence-corrected chi connectivity index (χ2v) is 13.1. The average molecular weight is 671 g/mol. The zero-order valence-corrected chi connectivity index (χ0v) is 26.7. The van der Waals surface area contributed by atoms with E-state index in [9.17, 15) is 19.0 Å². The summed E-state index contributed by atoms with van der Waals surface area (Å²) in [5.41, 5.74) is -4.23. The number of aryl methyl sites for hydroxylation is 1. The summed E-state index contributed by atoms with van der Waals surface area (Å²) in [5, 5.41) is 22.2. The first-order chi connectivity index (χ1) is 24.7. The molecule has 12 heteroatoms. The van der Waals surface area contributed by atoms with Crippen LogP contribution in [-0.4, -0.2) is 81.8 Å². The van der Waals surface area contributed by atoms with Crippen LogP contribution in [0.1, 0.15) is 58.1 Å². The Morgan fingerprint density at radius 1 is 1.17 bits per heavy atom. The smallest absolute Gasteiger partial charge is 0.319 e. The number of aromatic hydroxyl groups is 1. The molecule has 4 heterocycles. The van der Waals surface area contributed by atoms with Gasteiger partial charge in [-0.1, -0.05) is 19.9 Å². The second-order valence-electron chi connectivity index (χ2n) is 13.1. The summed E-state index contributed by atoms with van der Waals surface area (Å²) in [7, 11) is 0. The predicted octanol–water partition coefficient (Wildman–Crippen LogP) is 6.33. The minimum Gasteiger partial charge on any atom is -0.508 e. The van der Waals surface area contributed by atoms with Gasteiger partial charge in [0.2, 0.25) is 6.43 Å². The molecule has 0 saturated carbocycles. The molecule has 3 atom stereocenters. The average Bonchev–Trinajstić information content (AvgIpc) is 3.07. The van der Waals surface area contributed by atoms with Gasteiger partial charge in [0.1, 0.15) is 34.3 Å². The maximum atomic E-state index is 17.2. The second kappa shape index (κ2) is 12.7. The number of hydrogen-bond donors (Lipinski definition) is 2. The number of fused-ring (bicyclic) bond motifs is 2. The minimum absolute atomic E-state index is 0.00892. The molecule has 0 aliphatic carbocycles. The number of phenolic OH excluding ortho intramolecular Hbond substituents is 1. The summed E-state index contributed by atoms with van der Waals surface area (Å²) in [5.74, 6) is -1.24. The third kappa shape index (κ3) is 6.10. The van der Waals surface area contributed by atoms with E-state index in [1.807, 2.05) is 0 Å². The molecule has 6 rings (SSSR count). The van der Waals surface area contributed by atoms with Crippen LogP contribution < -0.4 is 9.64 Å². The van der Waals surface area contributed by atoms with Crippen molar-refractivity contribution in [2.75, 3.05) is 44.6 Å². The van der Waals surface area contributed by atoms with E-state index in [0.717, 1.165) is 4.90 Å². The number of likely N-dealkylation sites (tertiary alicyclic amines) is 1. The molecule has 2 N–H and O–H groups in total. The zero-order valence-electron chi connectivity index (χ0n) is 31.7. The number of aliphatic hydroxyl groups is 1. The van der Waals surface area contributed by atoms with Crippen LogP contribution in [0.4, 0.5) is 23.4 Å². The molecule has 0 amide bonds. The Labute approximate surface area is 283 Å². The molecule has 2 aliphatic heterocycles. The van der Waals surface area contributed by atoms with Gasteiger partial charge < -0.3 is 24.7 Å². The Morgan fingerprint density at radius 3 is 2.65 bits per heavy atom. The van der Waals surface area contributed by atoms with Crippen LogP contribution in [0, 0.1) is 35.3 Å². The van der Waals surface area contributed by atoms with E-state index in [2.05, 4.69) is 20.9 Å². The van der Waals surface area contributed by atoms with E-state index < -0.39 is 72.3 Å². The van der Waals surface area contributed by atoms with Crippen molar-refractivity contribution < 1.29 is 39.4 Å². The van der Waals surface area contributed by atoms with Gasteiger partial charge in [-0.25, -0.2) is 22.5 Å². The van der Waals surface area contributed by atoms with Crippen LogP contribution >= 0.6 is 0 Å². The number of aromatic nitrogens is 3. The third-order valence-corrected chi connectivity index (χ3v) is 9.35. The quantitative estimate of drug-likeness (QED) is 0.174. The Balaban J connectivity index is 1.61. The van der Waals surface area contributed by atoms with E-state index in [4.69, 9.17) is 18.0 Å². The van der Waals surface area contributed by atoms with Crippen molar-refractivity contribution in [2.24, 2.45) is 11.3 Å². The molecule has 0 radical (unpaired) electrons. The number of phenols is 1. The van der Waals surface area contributed by atoms with Gasteiger partial charge in [0.15, 0.2) is 5.82 Å². The van der Waals surface area contributed by atoms with Gasteiger partial charge in [-0.05, 0) is 86.6 Å². The fourth-order valence-corrected chi connectivity index (χ4v) is 7.01. The molecule has 2 saturated heterocycles. The van der Waals surface area contributed by atoms with Crippen molar-refractivity contribution >= 4 is 27.5 Å². The highest BCUT2D eigenvalue weighted by Crippen LogP contribution is 2.42. The summed E-state index contributed by atoms with van der Waals surface area (Å²) >= 11 is 0. The van der Waals surface area contributed by atoms with Gasteiger partial charge in [0, 0.05) is 40.6 Å². The van der Waals surface area contributed by atoms with Crippen LogP contribution in [-0.2, 0) is 6.42 Å². The third-order valence-electron chi connectivity index (χ3n) is 9.35. The molecule has 2 fully saturated rings. The maximum absolute atomic E-state index is 17.2. The highest BCUT2D eigenvalue weighted by molar-refractivity contribution is 6.03. The number of halogens is 4. The van der Waals surface area contributed by atoms with E-state index in [0.29, 0.717) is 18.2 Å². The van der Waals surface area contributed by atoms with Gasteiger partial charge in [-0.3, -0.25) is 0 Å². The lowest BCUT2D eigenvalue weighted by Crippen LogP contribution is -2.51. The van der Waals surface area contributed by atoms with Crippen molar-refractivity contribution in [1.29, 1.82) is 0 Å². The number of piperidine rings is 2. The highest BCUT2D eigenvalue weighted by atomic mass is 19.3. The van der Waals surface area contributed by atoms with Crippen LogP contribution in [0.2, 0.25) is 0 Å². The SMILES string of the molecule is [2H]C([2H])([2H])N1CC[C@H](C(F)F)[C@](C)(C([2H])([2H])Oc2nc(N3CCC[C@@](C)(O)C3)c3c(C#C)nc(-c4cc(O)cc5ccc(F)c(CC)c45)c(F)c3n2)C1. The van der Waals surface area contributed by atoms with E-state index >= 15 is 8.78 Å². The lowest BCUT2D eigenvalue weighted by Gasteiger charge is -2.44. The maximum Gasteiger partial charge on any atom is 0.319 e. The minimum atomic E-state index is -3.05. The number of rotatable bonds is 7. The number of β-amino-alcohol motifs (C(OH)–C–C–N with tert-alkyl or cyclic N) is 1. The van der Waals surface area contributed by atoms with Crippen molar-refractivity contribution in [3.05, 3.63) is 47.2 Å². The summed E-state index contributed by atoms with van der Waals surface area (Å²) in [6, 6.07) is 4.48. The van der Waals surface area contributed by atoms with Crippen LogP contribution in [0.3, 0.4) is 0 Å². The molecule has 0 bridgehead atoms. The number of anilines is 1. The Kier molecular flexibility index (Phi) is 7.32. The highest BCUT2D eigenvalue weighted by Gasteiger charge is 2.44. The van der Waals surface area contributed by atoms with E-state index in [1.165, 1.54) is 31.2 Å². The fraction of sp³-hybridized carbons (Fsp3) is 0.472. The van der Waals surface area contributed by atoms with E-state index in [1.54, 1.807) is 18.7 Å². The van der Waals surface area contributed by atoms with Gasteiger partial charge in [0.05, 0.1) is 20.3 Å². The largest absolute Gasteiger partial charge is 0.508 e. The van der Waals surface area contributed by atoms with Crippen LogP contribution in [0.5, 0.6) is 11.8 Å². The summed E-state index contributed by atoms with van der Waals surface area (Å²) in [4.78, 5) is 15.7. The lowest BCUT2D eigenvalue weighted by atomic mass is 9.73. The summed E-state index contributed by atoms with van der Waals surface area (Å²) in [6.07, 6.45) is 3.65. The van der Waals surface area contributed by atoms with Crippen molar-refractivity contribution in [3.8, 4) is 35.4 Å². The molecule has 2 aromatic heterocycles. The number of alkyl halides is 2.